The Hall–Kier alpha value is -5.42. The van der Waals surface area contributed by atoms with Crippen molar-refractivity contribution in [2.75, 3.05) is 19.3 Å². The number of benzene rings is 2. The van der Waals surface area contributed by atoms with Gasteiger partial charge in [0.1, 0.15) is 30.2 Å². The highest BCUT2D eigenvalue weighted by Crippen LogP contribution is 2.39. The van der Waals surface area contributed by atoms with Crippen LogP contribution in [0, 0.1) is 11.8 Å². The van der Waals surface area contributed by atoms with Crippen molar-refractivity contribution in [1.29, 1.82) is 0 Å². The van der Waals surface area contributed by atoms with Crippen molar-refractivity contribution in [2.45, 2.75) is 102 Å². The van der Waals surface area contributed by atoms with Gasteiger partial charge in [0.15, 0.2) is 0 Å². The molecule has 0 spiro atoms. The molecule has 0 aliphatic carbocycles. The highest BCUT2D eigenvalue weighted by molar-refractivity contribution is 7.51. The zero-order valence-electron chi connectivity index (χ0n) is 35.0. The Balaban J connectivity index is 1.61. The van der Waals surface area contributed by atoms with Gasteiger partial charge in [0.05, 0.1) is 19.1 Å². The molecule has 19 heteroatoms. The Morgan fingerprint density at radius 1 is 0.852 bits per heavy atom. The number of carbonyl (C=O) groups is 6. The molecule has 1 aliphatic heterocycles. The van der Waals surface area contributed by atoms with Crippen LogP contribution in [0.5, 0.6) is 0 Å². The third-order valence-corrected chi connectivity index (χ3v) is 11.6. The number of imidazole rings is 1. The maximum atomic E-state index is 14.2. The molecule has 1 aliphatic rings. The average Bonchev–Trinajstić information content (AvgIpc) is 3.88. The maximum Gasteiger partial charge on any atom is 0.325 e. The van der Waals surface area contributed by atoms with Gasteiger partial charge in [-0.2, -0.15) is 0 Å². The van der Waals surface area contributed by atoms with Crippen molar-refractivity contribution in [1.82, 2.24) is 35.7 Å². The van der Waals surface area contributed by atoms with Crippen molar-refractivity contribution < 1.29 is 48.2 Å². The second-order valence-corrected chi connectivity index (χ2v) is 17.8. The molecule has 0 radical (unpaired) electrons. The SMILES string of the molecule is CC(=O)N1CCCC1C(=O)N[C@@H](CC(C)C)C(=O)N[C@@H](Cc1cncn1CC(C)c1ccccc1)C(=O)N[C@@H](CO)C(=O)NC(C(N)=O)[C@@H](Cc1ccccc1)CP(=O)(O)O. The van der Waals surface area contributed by atoms with E-state index in [0.29, 0.717) is 37.2 Å². The van der Waals surface area contributed by atoms with Crippen LogP contribution < -0.4 is 27.0 Å². The first-order chi connectivity index (χ1) is 28.9. The van der Waals surface area contributed by atoms with Gasteiger partial charge < -0.3 is 51.4 Å². The molecule has 3 unspecified atom stereocenters. The minimum absolute atomic E-state index is 0.0174. The van der Waals surface area contributed by atoms with Crippen LogP contribution in [0.1, 0.15) is 69.7 Å². The van der Waals surface area contributed by atoms with Crippen molar-refractivity contribution in [3.8, 4) is 0 Å². The van der Waals surface area contributed by atoms with Gasteiger partial charge in [-0.3, -0.25) is 33.3 Å². The molecule has 9 N–H and O–H groups in total. The van der Waals surface area contributed by atoms with Crippen LogP contribution in [0.2, 0.25) is 0 Å². The third-order valence-electron chi connectivity index (χ3n) is 10.7. The van der Waals surface area contributed by atoms with E-state index >= 15 is 0 Å². The molecule has 61 heavy (non-hydrogen) atoms. The van der Waals surface area contributed by atoms with E-state index in [0.717, 1.165) is 5.56 Å². The number of aliphatic hydroxyl groups is 1. The van der Waals surface area contributed by atoms with E-state index in [-0.39, 0.29) is 37.0 Å². The predicted octanol–water partition coefficient (Wildman–Crippen LogP) is 0.740. The van der Waals surface area contributed by atoms with Gasteiger partial charge in [-0.25, -0.2) is 4.98 Å². The first-order valence-electron chi connectivity index (χ1n) is 20.4. The van der Waals surface area contributed by atoms with Gasteiger partial charge in [0.25, 0.3) is 0 Å². The summed E-state index contributed by atoms with van der Waals surface area (Å²) in [6.07, 6.45) is 3.34. The van der Waals surface area contributed by atoms with E-state index in [2.05, 4.69) is 26.3 Å². The van der Waals surface area contributed by atoms with Crippen molar-refractivity contribution in [3.05, 3.63) is 90.0 Å². The van der Waals surface area contributed by atoms with Crippen LogP contribution in [0.25, 0.3) is 0 Å². The molecule has 0 saturated carbocycles. The molecule has 1 aromatic heterocycles. The molecule has 1 saturated heterocycles. The summed E-state index contributed by atoms with van der Waals surface area (Å²) in [5.41, 5.74) is 7.86. The number of nitrogens with two attached hydrogens (primary N) is 1. The molecule has 1 fully saturated rings. The molecule has 2 aromatic carbocycles. The van der Waals surface area contributed by atoms with Crippen LogP contribution in [-0.2, 0) is 52.7 Å². The number of nitrogens with one attached hydrogen (secondary N) is 4. The normalized spacial score (nSPS) is 17.0. The molecule has 7 atom stereocenters. The number of aliphatic hydroxyl groups excluding tert-OH is 1. The third kappa shape index (κ3) is 14.6. The highest BCUT2D eigenvalue weighted by Gasteiger charge is 2.38. The fourth-order valence-electron chi connectivity index (χ4n) is 7.59. The number of likely N-dealkylation sites (tertiary alicyclic amines) is 1. The molecular weight excluding hydrogens is 807 g/mol. The summed E-state index contributed by atoms with van der Waals surface area (Å²) >= 11 is 0. The Kier molecular flexibility index (Phi) is 17.7. The lowest BCUT2D eigenvalue weighted by Gasteiger charge is -2.29. The number of rotatable bonds is 22. The smallest absolute Gasteiger partial charge is 0.325 e. The lowest BCUT2D eigenvalue weighted by atomic mass is 9.93. The van der Waals surface area contributed by atoms with Gasteiger partial charge in [-0.05, 0) is 48.6 Å². The van der Waals surface area contributed by atoms with E-state index in [4.69, 9.17) is 5.73 Å². The largest absolute Gasteiger partial charge is 0.394 e. The van der Waals surface area contributed by atoms with Gasteiger partial charge >= 0.3 is 7.60 Å². The van der Waals surface area contributed by atoms with Crippen molar-refractivity contribution in [3.63, 3.8) is 0 Å². The summed E-state index contributed by atoms with van der Waals surface area (Å²) in [4.78, 5) is 106. The fourth-order valence-corrected chi connectivity index (χ4v) is 8.54. The van der Waals surface area contributed by atoms with E-state index in [1.54, 1.807) is 36.7 Å². The summed E-state index contributed by atoms with van der Waals surface area (Å²) in [6, 6.07) is 11.6. The minimum Gasteiger partial charge on any atom is -0.394 e. The zero-order valence-corrected chi connectivity index (χ0v) is 35.9. The quantitative estimate of drug-likeness (QED) is 0.0653. The Morgan fingerprint density at radius 2 is 1.46 bits per heavy atom. The van der Waals surface area contributed by atoms with Crippen LogP contribution in [0.4, 0.5) is 0 Å². The van der Waals surface area contributed by atoms with E-state index in [9.17, 15) is 48.2 Å². The van der Waals surface area contributed by atoms with E-state index < -0.39 is 86.0 Å². The highest BCUT2D eigenvalue weighted by atomic mass is 31.2. The molecule has 3 aromatic rings. The molecule has 18 nitrogen and oxygen atoms in total. The summed E-state index contributed by atoms with van der Waals surface area (Å²) in [5, 5.41) is 20.7. The summed E-state index contributed by atoms with van der Waals surface area (Å²) < 4.78 is 14.0. The lowest BCUT2D eigenvalue weighted by Crippen LogP contribution is -2.61. The number of hydrogen-bond donors (Lipinski definition) is 8. The summed E-state index contributed by atoms with van der Waals surface area (Å²) in [7, 11) is -4.74. The van der Waals surface area contributed by atoms with Crippen LogP contribution in [0.15, 0.2) is 73.2 Å². The van der Waals surface area contributed by atoms with Crippen LogP contribution in [-0.4, -0.2) is 114 Å². The molecule has 332 valence electrons. The second-order valence-electron chi connectivity index (χ2n) is 16.1. The molecule has 2 heterocycles. The van der Waals surface area contributed by atoms with Gasteiger partial charge in [0, 0.05) is 44.2 Å². The standard InChI is InChI=1S/C42H59N8O10P/c1-26(2)18-33(46-42(57)36-16-11-17-50(36)28(4)52)39(54)45-34(20-32-21-44-25-49(32)22-27(3)30-14-9-6-10-15-30)40(55)47-35(23-51)41(56)48-37(38(43)53)31(24-61(58,59)60)19-29-12-7-5-8-13-29/h5-10,12-15,21,25-27,31,33-37,51H,11,16-20,22-24H2,1-4H3,(H2,43,53)(H,45,54)(H,46,57)(H,47,55)(H,48,56)(H2,58,59,60)/t27?,31-,33-,34-,35-,36?,37?/m0/s1. The number of hydrogen-bond acceptors (Lipinski definition) is 9. The van der Waals surface area contributed by atoms with E-state index in [1.165, 1.54) is 18.0 Å². The van der Waals surface area contributed by atoms with E-state index in [1.807, 2.05) is 55.7 Å². The molecule has 0 bridgehead atoms. The lowest BCUT2D eigenvalue weighted by molar-refractivity contribution is -0.138. The second kappa shape index (κ2) is 22.4. The first kappa shape index (κ1) is 48.2. The number of amides is 6. The monoisotopic (exact) mass is 866 g/mol. The minimum atomic E-state index is -4.74. The van der Waals surface area contributed by atoms with Crippen molar-refractivity contribution in [2.24, 2.45) is 17.6 Å². The Morgan fingerprint density at radius 3 is 2.05 bits per heavy atom. The number of aromatic nitrogens is 2. The zero-order chi connectivity index (χ0) is 44.9. The van der Waals surface area contributed by atoms with Gasteiger partial charge in [-0.1, -0.05) is 81.4 Å². The van der Waals surface area contributed by atoms with Gasteiger partial charge in [0.2, 0.25) is 35.4 Å². The average molecular weight is 867 g/mol. The molecule has 4 rings (SSSR count). The number of nitrogens with zero attached hydrogens (tertiary/aromatic N) is 3. The molecule has 6 amide bonds. The van der Waals surface area contributed by atoms with Crippen LogP contribution in [0.3, 0.4) is 0 Å². The first-order valence-corrected chi connectivity index (χ1v) is 22.2. The summed E-state index contributed by atoms with van der Waals surface area (Å²) in [6.45, 7) is 7.00. The number of carbonyl (C=O) groups excluding carboxylic acids is 6. The van der Waals surface area contributed by atoms with Crippen LogP contribution >= 0.6 is 7.60 Å². The Labute approximate surface area is 355 Å². The van der Waals surface area contributed by atoms with Gasteiger partial charge in [-0.15, -0.1) is 0 Å². The fraction of sp³-hybridized carbons (Fsp3) is 0.500. The maximum absolute atomic E-state index is 14.2. The predicted molar refractivity (Wildman–Crippen MR) is 225 cm³/mol. The Bertz CT molecular complexity index is 2010. The number of primary amides is 1. The molecular formula is C42H59N8O10P. The summed E-state index contributed by atoms with van der Waals surface area (Å²) in [5.74, 6) is -5.82. The topological polar surface area (TPSA) is 275 Å². The van der Waals surface area contributed by atoms with Crippen molar-refractivity contribution >= 4 is 43.0 Å².